The van der Waals surface area contributed by atoms with Crippen molar-refractivity contribution in [1.29, 1.82) is 0 Å². The van der Waals surface area contributed by atoms with Crippen molar-refractivity contribution in [2.24, 2.45) is 5.92 Å². The molecule has 3 rings (SSSR count). The maximum Gasteiger partial charge on any atom is 0.321 e. The molecule has 1 fully saturated rings. The first-order chi connectivity index (χ1) is 9.65. The van der Waals surface area contributed by atoms with E-state index < -0.39 is 0 Å². The van der Waals surface area contributed by atoms with Crippen LogP contribution in [0.3, 0.4) is 0 Å². The Labute approximate surface area is 118 Å². The van der Waals surface area contributed by atoms with Gasteiger partial charge in [-0.2, -0.15) is 0 Å². The van der Waals surface area contributed by atoms with Crippen LogP contribution in [-0.2, 0) is 0 Å². The van der Waals surface area contributed by atoms with E-state index in [-0.39, 0.29) is 12.1 Å². The lowest BCUT2D eigenvalue weighted by Crippen LogP contribution is -2.39. The van der Waals surface area contributed by atoms with E-state index in [2.05, 4.69) is 12.2 Å². The minimum Gasteiger partial charge on any atom is -0.486 e. The molecule has 0 bridgehead atoms. The van der Waals surface area contributed by atoms with Crippen molar-refractivity contribution in [2.45, 2.75) is 25.8 Å². The minimum atomic E-state index is -0.0823. The number of carbonyl (C=O) groups is 1. The second kappa shape index (κ2) is 5.23. The number of anilines is 1. The quantitative estimate of drug-likeness (QED) is 0.923. The number of rotatable bonds is 3. The van der Waals surface area contributed by atoms with Crippen LogP contribution >= 0.6 is 0 Å². The number of hydrogen-bond acceptors (Lipinski definition) is 3. The fourth-order valence-corrected chi connectivity index (χ4v) is 2.41. The van der Waals surface area contributed by atoms with E-state index in [4.69, 9.17) is 9.47 Å². The Kier molecular flexibility index (Phi) is 3.42. The van der Waals surface area contributed by atoms with Crippen LogP contribution in [0.25, 0.3) is 0 Å². The third kappa shape index (κ3) is 2.66. The third-order valence-corrected chi connectivity index (χ3v) is 4.03. The Morgan fingerprint density at radius 3 is 2.70 bits per heavy atom. The van der Waals surface area contributed by atoms with E-state index >= 15 is 0 Å². The molecule has 1 aromatic carbocycles. The average Bonchev–Trinajstić information content (AvgIpc) is 3.30. The molecule has 1 heterocycles. The molecule has 20 heavy (non-hydrogen) atoms. The van der Waals surface area contributed by atoms with E-state index in [0.29, 0.717) is 24.9 Å². The molecule has 1 atom stereocenters. The van der Waals surface area contributed by atoms with E-state index in [1.54, 1.807) is 4.90 Å². The summed E-state index contributed by atoms with van der Waals surface area (Å²) in [5.74, 6) is 2.08. The van der Waals surface area contributed by atoms with Gasteiger partial charge in [-0.15, -0.1) is 0 Å². The van der Waals surface area contributed by atoms with Crippen LogP contribution in [0.2, 0.25) is 0 Å². The molecule has 1 N–H and O–H groups in total. The zero-order valence-electron chi connectivity index (χ0n) is 11.9. The lowest BCUT2D eigenvalue weighted by molar-refractivity contribution is 0.171. The summed E-state index contributed by atoms with van der Waals surface area (Å²) in [5.41, 5.74) is 0.731. The van der Waals surface area contributed by atoms with Crippen molar-refractivity contribution < 1.29 is 14.3 Å². The summed E-state index contributed by atoms with van der Waals surface area (Å²) in [7, 11) is 1.84. The van der Waals surface area contributed by atoms with Gasteiger partial charge in [0.1, 0.15) is 13.2 Å². The number of nitrogens with one attached hydrogen (secondary N) is 1. The Hall–Kier alpha value is -1.91. The van der Waals surface area contributed by atoms with Crippen molar-refractivity contribution >= 4 is 11.7 Å². The number of carbonyl (C=O) groups excluding carboxylic acids is 1. The van der Waals surface area contributed by atoms with Crippen LogP contribution in [0.15, 0.2) is 18.2 Å². The van der Waals surface area contributed by atoms with Crippen molar-refractivity contribution in [3.05, 3.63) is 18.2 Å². The lowest BCUT2D eigenvalue weighted by Gasteiger charge is -2.25. The summed E-state index contributed by atoms with van der Waals surface area (Å²) in [6.07, 6.45) is 2.45. The molecule has 5 nitrogen and oxygen atoms in total. The molecule has 2 amide bonds. The number of benzene rings is 1. The monoisotopic (exact) mass is 276 g/mol. The highest BCUT2D eigenvalue weighted by Gasteiger charge is 2.32. The van der Waals surface area contributed by atoms with Gasteiger partial charge in [0.25, 0.3) is 0 Å². The average molecular weight is 276 g/mol. The predicted molar refractivity (Wildman–Crippen MR) is 76.4 cm³/mol. The number of fused-ring (bicyclic) bond motifs is 1. The molecule has 0 saturated heterocycles. The van der Waals surface area contributed by atoms with Gasteiger partial charge >= 0.3 is 6.03 Å². The van der Waals surface area contributed by atoms with E-state index in [0.717, 1.165) is 11.4 Å². The molecule has 108 valence electrons. The summed E-state index contributed by atoms with van der Waals surface area (Å²) >= 11 is 0. The molecule has 0 aromatic heterocycles. The van der Waals surface area contributed by atoms with Gasteiger partial charge in [0.2, 0.25) is 0 Å². The predicted octanol–water partition coefficient (Wildman–Crippen LogP) is 2.72. The molecule has 5 heteroatoms. The van der Waals surface area contributed by atoms with E-state index in [9.17, 15) is 4.79 Å². The Morgan fingerprint density at radius 1 is 1.30 bits per heavy atom. The Morgan fingerprint density at radius 2 is 2.00 bits per heavy atom. The van der Waals surface area contributed by atoms with Gasteiger partial charge in [-0.1, -0.05) is 0 Å². The number of nitrogens with zero attached hydrogens (tertiary/aromatic N) is 1. The second-order valence-corrected chi connectivity index (χ2v) is 5.48. The maximum atomic E-state index is 12.2. The molecule has 0 spiro atoms. The van der Waals surface area contributed by atoms with E-state index in [1.807, 2.05) is 25.2 Å². The first-order valence-corrected chi connectivity index (χ1v) is 7.08. The SMILES string of the molecule is CC(C1CC1)N(C)C(=O)Nc1ccc2c(c1)OCCO2. The first kappa shape index (κ1) is 13.1. The largest absolute Gasteiger partial charge is 0.486 e. The summed E-state index contributed by atoms with van der Waals surface area (Å²) in [4.78, 5) is 14.0. The van der Waals surface area contributed by atoms with Crippen LogP contribution in [0.5, 0.6) is 11.5 Å². The van der Waals surface area contributed by atoms with Gasteiger partial charge in [0.15, 0.2) is 11.5 Å². The Bertz CT molecular complexity index is 514. The van der Waals surface area contributed by atoms with Crippen LogP contribution < -0.4 is 14.8 Å². The van der Waals surface area contributed by atoms with Crippen LogP contribution in [-0.4, -0.2) is 37.2 Å². The van der Waals surface area contributed by atoms with Crippen molar-refractivity contribution in [3.8, 4) is 11.5 Å². The van der Waals surface area contributed by atoms with Gasteiger partial charge in [0, 0.05) is 24.8 Å². The highest BCUT2D eigenvalue weighted by Crippen LogP contribution is 2.35. The lowest BCUT2D eigenvalue weighted by atomic mass is 10.2. The van der Waals surface area contributed by atoms with Crippen LogP contribution in [0, 0.1) is 5.92 Å². The minimum absolute atomic E-state index is 0.0823. The zero-order valence-corrected chi connectivity index (χ0v) is 11.9. The summed E-state index contributed by atoms with van der Waals surface area (Å²) in [5, 5.41) is 2.91. The number of amides is 2. The summed E-state index contributed by atoms with van der Waals surface area (Å²) in [6.45, 7) is 3.21. The second-order valence-electron chi connectivity index (χ2n) is 5.48. The zero-order chi connectivity index (χ0) is 14.1. The van der Waals surface area contributed by atoms with Gasteiger partial charge in [-0.3, -0.25) is 0 Å². The molecule has 2 aliphatic rings. The topological polar surface area (TPSA) is 50.8 Å². The molecule has 1 aliphatic heterocycles. The molecule has 1 unspecified atom stereocenters. The molecule has 1 saturated carbocycles. The van der Waals surface area contributed by atoms with Crippen molar-refractivity contribution in [1.82, 2.24) is 4.90 Å². The number of hydrogen-bond donors (Lipinski definition) is 1. The summed E-state index contributed by atoms with van der Waals surface area (Å²) in [6, 6.07) is 5.67. The third-order valence-electron chi connectivity index (χ3n) is 4.03. The smallest absolute Gasteiger partial charge is 0.321 e. The first-order valence-electron chi connectivity index (χ1n) is 7.08. The highest BCUT2D eigenvalue weighted by molar-refractivity contribution is 5.89. The Balaban J connectivity index is 1.66. The molecular formula is C15H20N2O3. The molecule has 0 radical (unpaired) electrons. The normalized spacial score (nSPS) is 18.3. The van der Waals surface area contributed by atoms with Crippen LogP contribution in [0.4, 0.5) is 10.5 Å². The highest BCUT2D eigenvalue weighted by atomic mass is 16.6. The number of urea groups is 1. The standard InChI is InChI=1S/C15H20N2O3/c1-10(11-3-4-11)17(2)15(18)16-12-5-6-13-14(9-12)20-8-7-19-13/h5-6,9-11H,3-4,7-8H2,1-2H3,(H,16,18). The van der Waals surface area contributed by atoms with E-state index in [1.165, 1.54) is 12.8 Å². The fourth-order valence-electron chi connectivity index (χ4n) is 2.41. The summed E-state index contributed by atoms with van der Waals surface area (Å²) < 4.78 is 11.0. The van der Waals surface area contributed by atoms with Gasteiger partial charge < -0.3 is 19.7 Å². The maximum absolute atomic E-state index is 12.2. The van der Waals surface area contributed by atoms with Crippen LogP contribution in [0.1, 0.15) is 19.8 Å². The van der Waals surface area contributed by atoms with Gasteiger partial charge in [-0.05, 0) is 37.8 Å². The molecular weight excluding hydrogens is 256 g/mol. The fraction of sp³-hybridized carbons (Fsp3) is 0.533. The van der Waals surface area contributed by atoms with Gasteiger partial charge in [0.05, 0.1) is 0 Å². The van der Waals surface area contributed by atoms with Crippen molar-refractivity contribution in [2.75, 3.05) is 25.6 Å². The number of ether oxygens (including phenoxy) is 2. The molecule has 1 aromatic rings. The van der Waals surface area contributed by atoms with Gasteiger partial charge in [-0.25, -0.2) is 4.79 Å². The molecule has 1 aliphatic carbocycles. The van der Waals surface area contributed by atoms with Crippen molar-refractivity contribution in [3.63, 3.8) is 0 Å².